The zero-order chi connectivity index (χ0) is 14.2. The van der Waals surface area contributed by atoms with Gasteiger partial charge in [-0.2, -0.15) is 0 Å². The number of nitro benzene ring substituents is 1. The Labute approximate surface area is 111 Å². The topological polar surface area (TPSA) is 58.4 Å². The molecule has 6 heteroatoms. The number of nitrogens with one attached hydrogen (secondary N) is 1. The summed E-state index contributed by atoms with van der Waals surface area (Å²) in [5, 5.41) is 14.4. The molecule has 1 heterocycles. The van der Waals surface area contributed by atoms with Crippen LogP contribution in [0.1, 0.15) is 19.4 Å². The van der Waals surface area contributed by atoms with Gasteiger partial charge in [-0.15, -0.1) is 0 Å². The second-order valence-corrected chi connectivity index (χ2v) is 5.49. The van der Waals surface area contributed by atoms with Crippen LogP contribution in [-0.2, 0) is 0 Å². The molecule has 0 saturated carbocycles. The van der Waals surface area contributed by atoms with E-state index in [2.05, 4.69) is 5.32 Å². The molecule has 0 unspecified atom stereocenters. The molecule has 1 aromatic carbocycles. The summed E-state index contributed by atoms with van der Waals surface area (Å²) in [6.07, 6.45) is 0. The Balaban J connectivity index is 2.54. The first-order chi connectivity index (χ1) is 8.83. The number of benzene rings is 1. The lowest BCUT2D eigenvalue weighted by Gasteiger charge is -2.44. The molecule has 2 rings (SSSR count). The third-order valence-electron chi connectivity index (χ3n) is 3.54. The first-order valence-electron chi connectivity index (χ1n) is 6.26. The van der Waals surface area contributed by atoms with Crippen LogP contribution in [0.3, 0.4) is 0 Å². The van der Waals surface area contributed by atoms with Crippen molar-refractivity contribution in [3.05, 3.63) is 33.6 Å². The third kappa shape index (κ3) is 2.53. The number of piperazine rings is 1. The largest absolute Gasteiger partial charge is 0.358 e. The van der Waals surface area contributed by atoms with Gasteiger partial charge in [-0.05, 0) is 32.4 Å². The molecule has 1 N–H and O–H groups in total. The summed E-state index contributed by atoms with van der Waals surface area (Å²) >= 11 is 0. The van der Waals surface area contributed by atoms with Gasteiger partial charge in [0.1, 0.15) is 11.5 Å². The predicted molar refractivity (Wildman–Crippen MR) is 72.1 cm³/mol. The summed E-state index contributed by atoms with van der Waals surface area (Å²) in [4.78, 5) is 12.6. The molecule has 0 radical (unpaired) electrons. The van der Waals surface area contributed by atoms with Gasteiger partial charge in [-0.3, -0.25) is 10.1 Å². The maximum absolute atomic E-state index is 13.5. The van der Waals surface area contributed by atoms with Crippen molar-refractivity contribution in [3.8, 4) is 0 Å². The lowest BCUT2D eigenvalue weighted by atomic mass is 9.98. The third-order valence-corrected chi connectivity index (χ3v) is 3.54. The normalized spacial score (nSPS) is 18.4. The fourth-order valence-corrected chi connectivity index (χ4v) is 2.45. The van der Waals surface area contributed by atoms with Crippen molar-refractivity contribution in [1.29, 1.82) is 0 Å². The van der Waals surface area contributed by atoms with E-state index in [1.165, 1.54) is 0 Å². The molecular weight excluding hydrogens is 249 g/mol. The highest BCUT2D eigenvalue weighted by Gasteiger charge is 2.34. The van der Waals surface area contributed by atoms with Crippen LogP contribution in [0, 0.1) is 22.9 Å². The van der Waals surface area contributed by atoms with Crippen LogP contribution in [0.4, 0.5) is 15.8 Å². The van der Waals surface area contributed by atoms with Gasteiger partial charge in [0.05, 0.1) is 11.0 Å². The molecule has 1 saturated heterocycles. The number of halogens is 1. The SMILES string of the molecule is Cc1cc(N2CCNCC2(C)C)c([N+](=O)[O-])cc1F. The summed E-state index contributed by atoms with van der Waals surface area (Å²) in [5.74, 6) is -0.539. The highest BCUT2D eigenvalue weighted by atomic mass is 19.1. The molecule has 0 aliphatic carbocycles. The molecular formula is C13H18FN3O2. The van der Waals surface area contributed by atoms with Crippen molar-refractivity contribution in [2.75, 3.05) is 24.5 Å². The molecule has 1 fully saturated rings. The standard InChI is InChI=1S/C13H18FN3O2/c1-9-6-11(12(17(18)19)7-10(9)14)16-5-4-15-8-13(16,2)3/h6-7,15H,4-5,8H2,1-3H3. The van der Waals surface area contributed by atoms with Crippen molar-refractivity contribution in [3.63, 3.8) is 0 Å². The van der Waals surface area contributed by atoms with E-state index in [4.69, 9.17) is 0 Å². The van der Waals surface area contributed by atoms with E-state index in [9.17, 15) is 14.5 Å². The molecule has 1 aromatic rings. The van der Waals surface area contributed by atoms with Crippen LogP contribution in [0.2, 0.25) is 0 Å². The van der Waals surface area contributed by atoms with Gasteiger partial charge in [0.25, 0.3) is 5.69 Å². The molecule has 1 aliphatic heterocycles. The number of hydrogen-bond acceptors (Lipinski definition) is 4. The minimum absolute atomic E-state index is 0.168. The van der Waals surface area contributed by atoms with E-state index >= 15 is 0 Å². The van der Waals surface area contributed by atoms with Crippen LogP contribution in [-0.4, -0.2) is 30.1 Å². The van der Waals surface area contributed by atoms with Gasteiger partial charge in [0.15, 0.2) is 0 Å². The molecule has 0 bridgehead atoms. The molecule has 1 aliphatic rings. The molecule has 19 heavy (non-hydrogen) atoms. The molecule has 0 atom stereocenters. The van der Waals surface area contributed by atoms with Gasteiger partial charge in [-0.25, -0.2) is 4.39 Å². The van der Waals surface area contributed by atoms with Gasteiger partial charge >= 0.3 is 0 Å². The monoisotopic (exact) mass is 267 g/mol. The minimum atomic E-state index is -0.539. The summed E-state index contributed by atoms with van der Waals surface area (Å²) in [6, 6.07) is 2.59. The number of hydrogen-bond donors (Lipinski definition) is 1. The maximum Gasteiger partial charge on any atom is 0.295 e. The zero-order valence-electron chi connectivity index (χ0n) is 11.4. The second-order valence-electron chi connectivity index (χ2n) is 5.49. The van der Waals surface area contributed by atoms with Crippen molar-refractivity contribution in [2.24, 2.45) is 0 Å². The second kappa shape index (κ2) is 4.77. The Morgan fingerprint density at radius 3 is 2.74 bits per heavy atom. The summed E-state index contributed by atoms with van der Waals surface area (Å²) < 4.78 is 13.5. The Morgan fingerprint density at radius 2 is 2.16 bits per heavy atom. The summed E-state index contributed by atoms with van der Waals surface area (Å²) in [7, 11) is 0. The zero-order valence-corrected chi connectivity index (χ0v) is 11.4. The first kappa shape index (κ1) is 13.7. The minimum Gasteiger partial charge on any atom is -0.358 e. The fourth-order valence-electron chi connectivity index (χ4n) is 2.45. The number of rotatable bonds is 2. The first-order valence-corrected chi connectivity index (χ1v) is 6.26. The molecule has 5 nitrogen and oxygen atoms in total. The number of nitrogens with zero attached hydrogens (tertiary/aromatic N) is 2. The molecule has 0 amide bonds. The van der Waals surface area contributed by atoms with Gasteiger partial charge in [-0.1, -0.05) is 0 Å². The van der Waals surface area contributed by atoms with Crippen LogP contribution < -0.4 is 10.2 Å². The van der Waals surface area contributed by atoms with E-state index in [-0.39, 0.29) is 11.2 Å². The Hall–Kier alpha value is -1.69. The average Bonchev–Trinajstić information content (AvgIpc) is 2.31. The lowest BCUT2D eigenvalue weighted by Crippen LogP contribution is -2.58. The average molecular weight is 267 g/mol. The highest BCUT2D eigenvalue weighted by molar-refractivity contribution is 5.66. The number of aryl methyl sites for hydroxylation is 1. The highest BCUT2D eigenvalue weighted by Crippen LogP contribution is 2.35. The quantitative estimate of drug-likeness (QED) is 0.659. The molecule has 0 spiro atoms. The summed E-state index contributed by atoms with van der Waals surface area (Å²) in [6.45, 7) is 7.82. The van der Waals surface area contributed by atoms with E-state index in [1.54, 1.807) is 13.0 Å². The van der Waals surface area contributed by atoms with Crippen molar-refractivity contribution < 1.29 is 9.31 Å². The Bertz CT molecular complexity index is 517. The Kier molecular flexibility index (Phi) is 3.45. The van der Waals surface area contributed by atoms with Gasteiger partial charge in [0, 0.05) is 25.2 Å². The predicted octanol–water partition coefficient (Wildman–Crippen LogP) is 2.23. The van der Waals surface area contributed by atoms with E-state index < -0.39 is 10.7 Å². The van der Waals surface area contributed by atoms with Crippen molar-refractivity contribution >= 4 is 11.4 Å². The maximum atomic E-state index is 13.5. The lowest BCUT2D eigenvalue weighted by molar-refractivity contribution is -0.384. The van der Waals surface area contributed by atoms with Crippen LogP contribution in [0.5, 0.6) is 0 Å². The smallest absolute Gasteiger partial charge is 0.295 e. The number of anilines is 1. The fraction of sp³-hybridized carbons (Fsp3) is 0.538. The van der Waals surface area contributed by atoms with Crippen LogP contribution in [0.25, 0.3) is 0 Å². The Morgan fingerprint density at radius 1 is 1.47 bits per heavy atom. The van der Waals surface area contributed by atoms with E-state index in [0.717, 1.165) is 19.2 Å². The van der Waals surface area contributed by atoms with E-state index in [0.29, 0.717) is 17.8 Å². The molecule has 0 aromatic heterocycles. The van der Waals surface area contributed by atoms with Gasteiger partial charge < -0.3 is 10.2 Å². The molecule has 104 valence electrons. The van der Waals surface area contributed by atoms with Crippen LogP contribution in [0.15, 0.2) is 12.1 Å². The van der Waals surface area contributed by atoms with Crippen LogP contribution >= 0.6 is 0 Å². The van der Waals surface area contributed by atoms with E-state index in [1.807, 2.05) is 18.7 Å². The summed E-state index contributed by atoms with van der Waals surface area (Å²) in [5.41, 5.74) is 0.510. The number of nitro groups is 1. The van der Waals surface area contributed by atoms with Crippen molar-refractivity contribution in [1.82, 2.24) is 5.32 Å². The van der Waals surface area contributed by atoms with Gasteiger partial charge in [0.2, 0.25) is 0 Å². The van der Waals surface area contributed by atoms with Crippen molar-refractivity contribution in [2.45, 2.75) is 26.3 Å².